The first-order valence-corrected chi connectivity index (χ1v) is 6.58. The van der Waals surface area contributed by atoms with E-state index in [-0.39, 0.29) is 17.1 Å². The highest BCUT2D eigenvalue weighted by Crippen LogP contribution is 2.29. The molecule has 2 rings (SSSR count). The Hall–Kier alpha value is -2.14. The van der Waals surface area contributed by atoms with Gasteiger partial charge in [-0.25, -0.2) is 4.79 Å². The first-order chi connectivity index (χ1) is 9.47. The third kappa shape index (κ3) is 3.24. The number of Topliss-reactive ketones (excluding diaryl/α,β-unsaturated/α-hetero) is 1. The summed E-state index contributed by atoms with van der Waals surface area (Å²) in [6, 6.07) is 11.2. The zero-order valence-electron chi connectivity index (χ0n) is 10.6. The number of carbonyl (C=O) groups excluding carboxylic acids is 1. The van der Waals surface area contributed by atoms with Gasteiger partial charge in [0.25, 0.3) is 0 Å². The summed E-state index contributed by atoms with van der Waals surface area (Å²) in [5.74, 6) is -0.392. The normalized spacial score (nSPS) is 10.1. The fraction of sp³-hybridized carbons (Fsp3) is 0.0667. The summed E-state index contributed by atoms with van der Waals surface area (Å²) in [5, 5.41) is 9.11. The van der Waals surface area contributed by atoms with Gasteiger partial charge in [-0.1, -0.05) is 15.9 Å². The van der Waals surface area contributed by atoms with Crippen LogP contribution in [0.1, 0.15) is 27.6 Å². The third-order valence-corrected chi connectivity index (χ3v) is 3.16. The molecule has 0 bridgehead atoms. The summed E-state index contributed by atoms with van der Waals surface area (Å²) in [6.07, 6.45) is 0. The van der Waals surface area contributed by atoms with E-state index in [1.54, 1.807) is 36.4 Å². The molecule has 0 fully saturated rings. The lowest BCUT2D eigenvalue weighted by atomic mass is 10.1. The lowest BCUT2D eigenvalue weighted by Gasteiger charge is -2.09. The van der Waals surface area contributed by atoms with E-state index in [1.165, 1.54) is 13.0 Å². The maximum absolute atomic E-state index is 11.2. The van der Waals surface area contributed by atoms with Crippen LogP contribution in [0.4, 0.5) is 0 Å². The molecule has 0 saturated carbocycles. The number of benzene rings is 2. The van der Waals surface area contributed by atoms with Gasteiger partial charge in [-0.2, -0.15) is 0 Å². The molecule has 20 heavy (non-hydrogen) atoms. The van der Waals surface area contributed by atoms with Gasteiger partial charge in [0.05, 0.1) is 0 Å². The molecule has 2 aromatic carbocycles. The quantitative estimate of drug-likeness (QED) is 0.853. The van der Waals surface area contributed by atoms with Crippen molar-refractivity contribution in [3.05, 3.63) is 58.1 Å². The average molecular weight is 335 g/mol. The molecule has 0 amide bonds. The van der Waals surface area contributed by atoms with Gasteiger partial charge in [-0.15, -0.1) is 0 Å². The van der Waals surface area contributed by atoms with Crippen LogP contribution in [0.25, 0.3) is 0 Å². The molecule has 0 spiro atoms. The lowest BCUT2D eigenvalue weighted by Crippen LogP contribution is -2.00. The Labute approximate surface area is 124 Å². The van der Waals surface area contributed by atoms with Gasteiger partial charge in [0.1, 0.15) is 17.1 Å². The van der Waals surface area contributed by atoms with Gasteiger partial charge in [-0.05, 0) is 49.4 Å². The van der Waals surface area contributed by atoms with Crippen molar-refractivity contribution in [2.24, 2.45) is 0 Å². The van der Waals surface area contributed by atoms with Gasteiger partial charge in [0.15, 0.2) is 5.78 Å². The summed E-state index contributed by atoms with van der Waals surface area (Å²) in [5.41, 5.74) is 0.647. The number of carbonyl (C=O) groups is 2. The second kappa shape index (κ2) is 5.88. The van der Waals surface area contributed by atoms with E-state index < -0.39 is 5.97 Å². The summed E-state index contributed by atoms with van der Waals surface area (Å²) < 4.78 is 6.28. The zero-order valence-corrected chi connectivity index (χ0v) is 12.2. The minimum Gasteiger partial charge on any atom is -0.478 e. The molecular formula is C15H11BrO4. The molecule has 0 heterocycles. The van der Waals surface area contributed by atoms with Crippen LogP contribution in [0.15, 0.2) is 46.9 Å². The average Bonchev–Trinajstić information content (AvgIpc) is 2.39. The van der Waals surface area contributed by atoms with Crippen LogP contribution < -0.4 is 4.74 Å². The van der Waals surface area contributed by atoms with Gasteiger partial charge < -0.3 is 9.84 Å². The second-order valence-corrected chi connectivity index (χ2v) is 5.04. The Morgan fingerprint density at radius 3 is 2.30 bits per heavy atom. The van der Waals surface area contributed by atoms with E-state index in [9.17, 15) is 9.59 Å². The molecule has 0 radical (unpaired) electrons. The van der Waals surface area contributed by atoms with Gasteiger partial charge in [0.2, 0.25) is 0 Å². The molecule has 4 nitrogen and oxygen atoms in total. The molecule has 0 saturated heterocycles. The van der Waals surface area contributed by atoms with Crippen molar-refractivity contribution in [2.45, 2.75) is 6.92 Å². The monoisotopic (exact) mass is 334 g/mol. The van der Waals surface area contributed by atoms with Gasteiger partial charge >= 0.3 is 5.97 Å². The number of ketones is 1. The van der Waals surface area contributed by atoms with Crippen molar-refractivity contribution >= 4 is 27.7 Å². The smallest absolute Gasteiger partial charge is 0.339 e. The van der Waals surface area contributed by atoms with Crippen LogP contribution in [-0.2, 0) is 0 Å². The van der Waals surface area contributed by atoms with E-state index in [0.29, 0.717) is 11.3 Å². The summed E-state index contributed by atoms with van der Waals surface area (Å²) >= 11 is 3.27. The maximum atomic E-state index is 11.2. The Kier molecular flexibility index (Phi) is 4.20. The van der Waals surface area contributed by atoms with Crippen molar-refractivity contribution in [3.63, 3.8) is 0 Å². The van der Waals surface area contributed by atoms with E-state index >= 15 is 0 Å². The topological polar surface area (TPSA) is 63.6 Å². The lowest BCUT2D eigenvalue weighted by molar-refractivity contribution is 0.0694. The minimum atomic E-state index is -1.06. The second-order valence-electron chi connectivity index (χ2n) is 4.13. The van der Waals surface area contributed by atoms with E-state index in [0.717, 1.165) is 4.47 Å². The first kappa shape index (κ1) is 14.3. The highest BCUT2D eigenvalue weighted by atomic mass is 79.9. The third-order valence-electron chi connectivity index (χ3n) is 2.66. The Bertz CT molecular complexity index is 662. The molecule has 0 aliphatic rings. The predicted octanol–water partition coefficient (Wildman–Crippen LogP) is 4.14. The number of carboxylic acid groups (broad SMARTS) is 1. The predicted molar refractivity (Wildman–Crippen MR) is 77.6 cm³/mol. The number of rotatable bonds is 4. The number of hydrogen-bond donors (Lipinski definition) is 1. The molecule has 0 unspecified atom stereocenters. The summed E-state index contributed by atoms with van der Waals surface area (Å²) in [7, 11) is 0. The summed E-state index contributed by atoms with van der Waals surface area (Å²) in [6.45, 7) is 1.48. The van der Waals surface area contributed by atoms with Crippen LogP contribution in [0, 0.1) is 0 Å². The minimum absolute atomic E-state index is 0.0368. The molecule has 5 heteroatoms. The van der Waals surface area contributed by atoms with Gasteiger partial charge in [0, 0.05) is 10.0 Å². The summed E-state index contributed by atoms with van der Waals surface area (Å²) in [4.78, 5) is 22.3. The maximum Gasteiger partial charge on any atom is 0.339 e. The van der Waals surface area contributed by atoms with Crippen LogP contribution in [0.3, 0.4) is 0 Å². The molecule has 0 aromatic heterocycles. The number of aromatic carboxylic acids is 1. The first-order valence-electron chi connectivity index (χ1n) is 5.79. The highest BCUT2D eigenvalue weighted by Gasteiger charge is 2.12. The SMILES string of the molecule is CC(=O)c1ccc(Oc2cc(Br)ccc2C(=O)O)cc1. The Morgan fingerprint density at radius 2 is 1.75 bits per heavy atom. The zero-order chi connectivity index (χ0) is 14.7. The van der Waals surface area contributed by atoms with Crippen molar-refractivity contribution < 1.29 is 19.4 Å². The van der Waals surface area contributed by atoms with Gasteiger partial charge in [-0.3, -0.25) is 4.79 Å². The fourth-order valence-corrected chi connectivity index (χ4v) is 1.98. The fourth-order valence-electron chi connectivity index (χ4n) is 1.64. The number of carboxylic acids is 1. The molecule has 2 aromatic rings. The Balaban J connectivity index is 2.31. The van der Waals surface area contributed by atoms with Crippen LogP contribution >= 0.6 is 15.9 Å². The van der Waals surface area contributed by atoms with Crippen molar-refractivity contribution in [3.8, 4) is 11.5 Å². The van der Waals surface area contributed by atoms with Crippen molar-refractivity contribution in [1.82, 2.24) is 0 Å². The standard InChI is InChI=1S/C15H11BrO4/c1-9(17)10-2-5-12(6-3-10)20-14-8-11(16)4-7-13(14)15(18)19/h2-8H,1H3,(H,18,19). The molecule has 0 aliphatic carbocycles. The number of ether oxygens (including phenoxy) is 1. The van der Waals surface area contributed by atoms with Crippen molar-refractivity contribution in [1.29, 1.82) is 0 Å². The van der Waals surface area contributed by atoms with Crippen molar-refractivity contribution in [2.75, 3.05) is 0 Å². The van der Waals surface area contributed by atoms with E-state index in [2.05, 4.69) is 15.9 Å². The van der Waals surface area contributed by atoms with Crippen LogP contribution in [-0.4, -0.2) is 16.9 Å². The van der Waals surface area contributed by atoms with E-state index in [1.807, 2.05) is 0 Å². The molecule has 0 aliphatic heterocycles. The van der Waals surface area contributed by atoms with Crippen LogP contribution in [0.5, 0.6) is 11.5 Å². The van der Waals surface area contributed by atoms with Crippen LogP contribution in [0.2, 0.25) is 0 Å². The largest absolute Gasteiger partial charge is 0.478 e. The highest BCUT2D eigenvalue weighted by molar-refractivity contribution is 9.10. The molecular weight excluding hydrogens is 324 g/mol. The Morgan fingerprint density at radius 1 is 1.10 bits per heavy atom. The number of halogens is 1. The number of hydrogen-bond acceptors (Lipinski definition) is 3. The molecule has 102 valence electrons. The molecule has 0 atom stereocenters. The molecule has 1 N–H and O–H groups in total. The van der Waals surface area contributed by atoms with E-state index in [4.69, 9.17) is 9.84 Å².